The molecule has 0 aliphatic carbocycles. The topological polar surface area (TPSA) is 107 Å². The van der Waals surface area contributed by atoms with E-state index in [-0.39, 0.29) is 18.2 Å². The fourth-order valence-electron chi connectivity index (χ4n) is 6.07. The van der Waals surface area contributed by atoms with Crippen molar-refractivity contribution in [2.45, 2.75) is 44.9 Å². The Balaban J connectivity index is 1.02. The van der Waals surface area contributed by atoms with Crippen molar-refractivity contribution in [3.05, 3.63) is 53.5 Å². The molecule has 3 aliphatic rings. The number of ether oxygens (including phenoxy) is 2. The van der Waals surface area contributed by atoms with Gasteiger partial charge in [-0.1, -0.05) is 6.07 Å². The molecule has 0 saturated carbocycles. The van der Waals surface area contributed by atoms with Crippen LogP contribution >= 0.6 is 0 Å². The molecule has 3 saturated heterocycles. The summed E-state index contributed by atoms with van der Waals surface area (Å²) in [4.78, 5) is 25.4. The molecule has 0 radical (unpaired) electrons. The predicted octanol–water partition coefficient (Wildman–Crippen LogP) is 3.73. The monoisotopic (exact) mass is 514 g/mol. The number of hydrogen-bond donors (Lipinski definition) is 2. The van der Waals surface area contributed by atoms with Crippen LogP contribution in [0.3, 0.4) is 0 Å². The molecule has 198 valence electrons. The van der Waals surface area contributed by atoms with Crippen LogP contribution < -0.4 is 15.1 Å². The molecule has 9 nitrogen and oxygen atoms in total. The molecule has 38 heavy (non-hydrogen) atoms. The van der Waals surface area contributed by atoms with Crippen LogP contribution in [0, 0.1) is 24.2 Å². The standard InChI is InChI=1S/C29H34N6O3/c1-19-2-5-25(27-26(19)21(16-30)17-32-27)35-12-8-22(9-13-35)33-28(36)24-4-3-23(18-31-24)34-10-6-20(7-11-34)29-37-14-15-38-29/h2-5,17-18,20,22,29,32H,6-15H2,1H3,(H,33,36). The van der Waals surface area contributed by atoms with E-state index in [1.165, 1.54) is 0 Å². The summed E-state index contributed by atoms with van der Waals surface area (Å²) in [6.07, 6.45) is 7.33. The number of benzene rings is 1. The van der Waals surface area contributed by atoms with Crippen molar-refractivity contribution in [2.24, 2.45) is 5.92 Å². The lowest BCUT2D eigenvalue weighted by Gasteiger charge is -2.35. The summed E-state index contributed by atoms with van der Waals surface area (Å²) >= 11 is 0. The van der Waals surface area contributed by atoms with E-state index in [1.807, 2.05) is 25.3 Å². The molecular formula is C29H34N6O3. The largest absolute Gasteiger partial charge is 0.370 e. The van der Waals surface area contributed by atoms with Gasteiger partial charge in [-0.15, -0.1) is 0 Å². The molecule has 1 amide bonds. The van der Waals surface area contributed by atoms with E-state index in [4.69, 9.17) is 9.47 Å². The first-order valence-electron chi connectivity index (χ1n) is 13.6. The summed E-state index contributed by atoms with van der Waals surface area (Å²) in [5.41, 5.74) is 5.40. The second kappa shape index (κ2) is 10.6. The van der Waals surface area contributed by atoms with Gasteiger partial charge in [0.05, 0.1) is 41.9 Å². The number of rotatable bonds is 5. The zero-order valence-electron chi connectivity index (χ0n) is 21.8. The van der Waals surface area contributed by atoms with Crippen LogP contribution in [0.4, 0.5) is 11.4 Å². The summed E-state index contributed by atoms with van der Waals surface area (Å²) in [5.74, 6) is 0.332. The second-order valence-electron chi connectivity index (χ2n) is 10.5. The minimum Gasteiger partial charge on any atom is -0.370 e. The molecule has 5 heterocycles. The molecule has 0 spiro atoms. The Kier molecular flexibility index (Phi) is 6.92. The molecule has 3 fully saturated rings. The van der Waals surface area contributed by atoms with Gasteiger partial charge < -0.3 is 29.6 Å². The van der Waals surface area contributed by atoms with E-state index in [2.05, 4.69) is 43.3 Å². The fourth-order valence-corrected chi connectivity index (χ4v) is 6.07. The lowest BCUT2D eigenvalue weighted by Crippen LogP contribution is -2.45. The minimum atomic E-state index is -0.120. The van der Waals surface area contributed by atoms with Gasteiger partial charge in [0.15, 0.2) is 6.29 Å². The number of nitrogens with zero attached hydrogens (tertiary/aromatic N) is 4. The van der Waals surface area contributed by atoms with Gasteiger partial charge in [-0.3, -0.25) is 4.79 Å². The van der Waals surface area contributed by atoms with E-state index in [1.54, 1.807) is 6.20 Å². The number of H-pyrrole nitrogens is 1. The molecular weight excluding hydrogens is 480 g/mol. The number of carbonyl (C=O) groups excluding carboxylic acids is 1. The smallest absolute Gasteiger partial charge is 0.270 e. The Hall–Kier alpha value is -3.61. The van der Waals surface area contributed by atoms with E-state index >= 15 is 0 Å². The molecule has 0 unspecified atom stereocenters. The number of nitriles is 1. The van der Waals surface area contributed by atoms with Crippen molar-refractivity contribution < 1.29 is 14.3 Å². The third kappa shape index (κ3) is 4.82. The number of aromatic nitrogens is 2. The molecule has 0 bridgehead atoms. The maximum absolute atomic E-state index is 12.9. The van der Waals surface area contributed by atoms with Gasteiger partial charge in [-0.05, 0) is 56.4 Å². The highest BCUT2D eigenvalue weighted by atomic mass is 16.7. The maximum atomic E-state index is 12.9. The van der Waals surface area contributed by atoms with Gasteiger partial charge in [-0.2, -0.15) is 5.26 Å². The average molecular weight is 515 g/mol. The highest BCUT2D eigenvalue weighted by Crippen LogP contribution is 2.32. The van der Waals surface area contributed by atoms with E-state index in [0.29, 0.717) is 30.4 Å². The second-order valence-corrected chi connectivity index (χ2v) is 10.5. The number of hydrogen-bond acceptors (Lipinski definition) is 7. The quantitative estimate of drug-likeness (QED) is 0.534. The first kappa shape index (κ1) is 24.7. The number of fused-ring (bicyclic) bond motifs is 1. The molecule has 6 rings (SSSR count). The maximum Gasteiger partial charge on any atom is 0.270 e. The lowest BCUT2D eigenvalue weighted by molar-refractivity contribution is -0.0889. The summed E-state index contributed by atoms with van der Waals surface area (Å²) in [6.45, 7) is 6.98. The molecule has 0 atom stereocenters. The van der Waals surface area contributed by atoms with Crippen molar-refractivity contribution in [3.63, 3.8) is 0 Å². The first-order chi connectivity index (χ1) is 18.6. The molecule has 2 aromatic heterocycles. The Bertz CT molecular complexity index is 1320. The Labute approximate surface area is 222 Å². The molecule has 2 N–H and O–H groups in total. The van der Waals surface area contributed by atoms with Gasteiger partial charge in [-0.25, -0.2) is 4.98 Å². The molecule has 9 heteroatoms. The van der Waals surface area contributed by atoms with Gasteiger partial charge in [0.2, 0.25) is 0 Å². The zero-order chi connectivity index (χ0) is 26.1. The zero-order valence-corrected chi connectivity index (χ0v) is 21.8. The lowest BCUT2D eigenvalue weighted by atomic mass is 9.96. The van der Waals surface area contributed by atoms with Crippen molar-refractivity contribution in [3.8, 4) is 6.07 Å². The highest BCUT2D eigenvalue weighted by molar-refractivity contribution is 5.97. The number of aromatic amines is 1. The first-order valence-corrected chi connectivity index (χ1v) is 13.6. The van der Waals surface area contributed by atoms with Crippen molar-refractivity contribution >= 4 is 28.2 Å². The Morgan fingerprint density at radius 3 is 2.47 bits per heavy atom. The van der Waals surface area contributed by atoms with Crippen LogP contribution in [0.15, 0.2) is 36.7 Å². The van der Waals surface area contributed by atoms with Crippen LogP contribution in [0.1, 0.15) is 47.3 Å². The van der Waals surface area contributed by atoms with Gasteiger partial charge in [0, 0.05) is 49.7 Å². The number of carbonyl (C=O) groups is 1. The highest BCUT2D eigenvalue weighted by Gasteiger charge is 2.30. The van der Waals surface area contributed by atoms with Crippen LogP contribution in [-0.4, -0.2) is 67.6 Å². The predicted molar refractivity (Wildman–Crippen MR) is 145 cm³/mol. The molecule has 3 aromatic rings. The van der Waals surface area contributed by atoms with Crippen LogP contribution in [-0.2, 0) is 9.47 Å². The number of aryl methyl sites for hydroxylation is 1. The summed E-state index contributed by atoms with van der Waals surface area (Å²) in [7, 11) is 0. The summed E-state index contributed by atoms with van der Waals surface area (Å²) in [5, 5.41) is 13.6. The number of amides is 1. The molecule has 1 aromatic carbocycles. The molecule has 3 aliphatic heterocycles. The van der Waals surface area contributed by atoms with Gasteiger partial charge >= 0.3 is 0 Å². The summed E-state index contributed by atoms with van der Waals surface area (Å²) in [6, 6.07) is 10.4. The van der Waals surface area contributed by atoms with E-state index < -0.39 is 0 Å². The van der Waals surface area contributed by atoms with Crippen molar-refractivity contribution in [1.82, 2.24) is 15.3 Å². The Morgan fingerprint density at radius 2 is 1.79 bits per heavy atom. The average Bonchev–Trinajstić information content (AvgIpc) is 3.65. The third-order valence-electron chi connectivity index (χ3n) is 8.23. The third-order valence-corrected chi connectivity index (χ3v) is 8.23. The van der Waals surface area contributed by atoms with E-state index in [9.17, 15) is 10.1 Å². The Morgan fingerprint density at radius 1 is 1.05 bits per heavy atom. The normalized spacial score (nSPS) is 19.7. The van der Waals surface area contributed by atoms with Crippen molar-refractivity contribution in [1.29, 1.82) is 5.26 Å². The van der Waals surface area contributed by atoms with Crippen LogP contribution in [0.2, 0.25) is 0 Å². The number of anilines is 2. The number of piperidine rings is 2. The minimum absolute atomic E-state index is 0.0454. The van der Waals surface area contributed by atoms with E-state index in [0.717, 1.165) is 79.7 Å². The fraction of sp³-hybridized carbons (Fsp3) is 0.483. The van der Waals surface area contributed by atoms with Gasteiger partial charge in [0.1, 0.15) is 11.8 Å². The van der Waals surface area contributed by atoms with Crippen LogP contribution in [0.25, 0.3) is 10.9 Å². The van der Waals surface area contributed by atoms with Gasteiger partial charge in [0.25, 0.3) is 5.91 Å². The SMILES string of the molecule is Cc1ccc(N2CCC(NC(=O)c3ccc(N4CCC(C5OCCO5)CC4)cn3)CC2)c2[nH]cc(C#N)c12. The van der Waals surface area contributed by atoms with Crippen LogP contribution in [0.5, 0.6) is 0 Å². The number of pyridine rings is 1. The summed E-state index contributed by atoms with van der Waals surface area (Å²) < 4.78 is 11.4. The number of nitrogens with one attached hydrogen (secondary N) is 2. The van der Waals surface area contributed by atoms with Crippen molar-refractivity contribution in [2.75, 3.05) is 49.2 Å².